The molecular weight excluding hydrogens is 835 g/mol. The summed E-state index contributed by atoms with van der Waals surface area (Å²) >= 11 is 0. The van der Waals surface area contributed by atoms with Crippen LogP contribution in [-0.4, -0.2) is 15.0 Å². The van der Waals surface area contributed by atoms with Crippen LogP contribution >= 0.6 is 0 Å². The van der Waals surface area contributed by atoms with Gasteiger partial charge in [0.2, 0.25) is 0 Å². The van der Waals surface area contributed by atoms with Gasteiger partial charge in [-0.15, -0.1) is 0 Å². The molecule has 0 saturated heterocycles. The van der Waals surface area contributed by atoms with E-state index in [-0.39, 0.29) is 0 Å². The Bertz CT molecular complexity index is 3530. The van der Waals surface area contributed by atoms with Gasteiger partial charge in [0.1, 0.15) is 0 Å². The molecule has 69 heavy (non-hydrogen) atoms. The normalized spacial score (nSPS) is 12.0. The fourth-order valence-electron chi connectivity index (χ4n) is 9.48. The highest BCUT2D eigenvalue weighted by atomic mass is 14.7. The summed E-state index contributed by atoms with van der Waals surface area (Å²) in [5, 5.41) is 0.641. The molecule has 0 spiro atoms. The van der Waals surface area contributed by atoms with Crippen LogP contribution in [0.4, 0.5) is 0 Å². The fourth-order valence-corrected chi connectivity index (χ4v) is 9.48. The lowest BCUT2D eigenvalue weighted by molar-refractivity contribution is 0.931. The van der Waals surface area contributed by atoms with Gasteiger partial charge in [-0.3, -0.25) is 9.97 Å². The summed E-state index contributed by atoms with van der Waals surface area (Å²) in [5.41, 5.74) is 20.6. The van der Waals surface area contributed by atoms with Crippen molar-refractivity contribution in [2.75, 3.05) is 0 Å². The number of pyridine rings is 3. The zero-order valence-electron chi connectivity index (χ0n) is 41.3. The van der Waals surface area contributed by atoms with E-state index in [4.69, 9.17) is 9.10 Å². The van der Waals surface area contributed by atoms with Gasteiger partial charge < -0.3 is 0 Å². The molecule has 330 valence electrons. The Labute approximate surface area is 409 Å². The van der Waals surface area contributed by atoms with Gasteiger partial charge in [0.05, 0.1) is 22.6 Å². The molecule has 0 saturated carbocycles. The van der Waals surface area contributed by atoms with Gasteiger partial charge in [0.25, 0.3) is 0 Å². The number of aromatic nitrogens is 3. The second-order valence-electron chi connectivity index (χ2n) is 17.7. The number of fused-ring (bicyclic) bond motifs is 1. The molecule has 0 radical (unpaired) electrons. The first kappa shape index (κ1) is 39.6. The van der Waals surface area contributed by atoms with E-state index < -0.39 is 6.85 Å². The van der Waals surface area contributed by atoms with E-state index in [1.54, 1.807) is 6.07 Å². The molecule has 8 aromatic carbocycles. The fraction of sp³-hybridized carbons (Fsp3) is 0.0758. The predicted octanol–water partition coefficient (Wildman–Crippen LogP) is 16.6. The van der Waals surface area contributed by atoms with Crippen molar-refractivity contribution in [2.45, 2.75) is 32.5 Å². The third-order valence-corrected chi connectivity index (χ3v) is 13.1. The van der Waals surface area contributed by atoms with Gasteiger partial charge in [0.15, 0.2) is 0 Å². The van der Waals surface area contributed by atoms with Crippen LogP contribution in [0, 0.1) is 6.85 Å². The number of para-hydroxylation sites is 1. The quantitative estimate of drug-likeness (QED) is 0.116. The SMILES string of the molecule is [2H]C([2H])([2H])c1cc(-c2ccc(-c3ccccc3-c3cc(CCc4ccc(-c5ccccn5)cc4)cc(CCc4ccc(-c5ccccn5)cc4)c3)c(-c3ccc(-c4ccccc4)cc3)c2)nc2ccccc12. The number of aryl methyl sites for hydroxylation is 5. The van der Waals surface area contributed by atoms with Crippen molar-refractivity contribution < 1.29 is 4.11 Å². The standard InChI is InChI=1S/C66H51N3/c1-46-41-66(69-65-20-8-7-15-58(46)65)56-37-38-61(62(45-56)53-35-33-52(34-36-53)51-13-3-2-4-14-51)60-17-6-5-16-59(60)57-43-49(23-21-47-25-29-54(30-26-47)63-18-9-11-39-67-63)42-50(44-57)24-22-48-27-31-55(32-28-48)64-19-10-12-40-68-64/h2-20,25-45H,21-24H2,1H3/i1D3. The zero-order chi connectivity index (χ0) is 48.9. The summed E-state index contributed by atoms with van der Waals surface area (Å²) in [7, 11) is 0. The maximum absolute atomic E-state index is 8.48. The number of benzene rings is 8. The maximum Gasteiger partial charge on any atom is 0.0712 e. The van der Waals surface area contributed by atoms with E-state index >= 15 is 0 Å². The molecule has 0 fully saturated rings. The first-order chi connectivity index (χ1) is 35.3. The molecule has 0 N–H and O–H groups in total. The summed E-state index contributed by atoms with van der Waals surface area (Å²) < 4.78 is 25.4. The Morgan fingerprint density at radius 1 is 0.319 bits per heavy atom. The largest absolute Gasteiger partial charge is 0.256 e. The van der Waals surface area contributed by atoms with Gasteiger partial charge >= 0.3 is 0 Å². The predicted molar refractivity (Wildman–Crippen MR) is 288 cm³/mol. The Morgan fingerprint density at radius 3 is 1.45 bits per heavy atom. The molecule has 0 aliphatic rings. The van der Waals surface area contributed by atoms with E-state index in [0.717, 1.165) is 92.7 Å². The Kier molecular flexibility index (Phi) is 11.3. The van der Waals surface area contributed by atoms with Crippen LogP contribution in [0.3, 0.4) is 0 Å². The minimum absolute atomic E-state index is 0.296. The molecule has 3 heteroatoms. The first-order valence-corrected chi connectivity index (χ1v) is 23.7. The van der Waals surface area contributed by atoms with E-state index in [2.05, 4.69) is 168 Å². The van der Waals surface area contributed by atoms with Crippen LogP contribution in [0.25, 0.3) is 89.2 Å². The van der Waals surface area contributed by atoms with E-state index in [0.29, 0.717) is 22.2 Å². The molecule has 3 nitrogen and oxygen atoms in total. The minimum Gasteiger partial charge on any atom is -0.256 e. The Morgan fingerprint density at radius 2 is 0.826 bits per heavy atom. The van der Waals surface area contributed by atoms with Crippen molar-refractivity contribution in [3.63, 3.8) is 0 Å². The van der Waals surface area contributed by atoms with Gasteiger partial charge in [-0.2, -0.15) is 0 Å². The highest BCUT2D eigenvalue weighted by Crippen LogP contribution is 2.41. The molecule has 0 atom stereocenters. The van der Waals surface area contributed by atoms with Crippen LogP contribution in [0.5, 0.6) is 0 Å². The van der Waals surface area contributed by atoms with Crippen LogP contribution in [0.15, 0.2) is 243 Å². The molecule has 0 aliphatic heterocycles. The van der Waals surface area contributed by atoms with Gasteiger partial charge in [-0.25, -0.2) is 4.98 Å². The van der Waals surface area contributed by atoms with E-state index in [1.807, 2.05) is 79.1 Å². The molecule has 0 aliphatic carbocycles. The summed E-state index contributed by atoms with van der Waals surface area (Å²) in [6.07, 6.45) is 7.25. The molecule has 11 rings (SSSR count). The Hall–Kier alpha value is -8.53. The van der Waals surface area contributed by atoms with Crippen molar-refractivity contribution >= 4 is 10.9 Å². The lowest BCUT2D eigenvalue weighted by Crippen LogP contribution is -1.98. The molecule has 3 heterocycles. The lowest BCUT2D eigenvalue weighted by Gasteiger charge is -2.18. The van der Waals surface area contributed by atoms with Crippen LogP contribution < -0.4 is 0 Å². The highest BCUT2D eigenvalue weighted by molar-refractivity contribution is 5.94. The number of rotatable bonds is 13. The first-order valence-electron chi connectivity index (χ1n) is 25.2. The van der Waals surface area contributed by atoms with Crippen LogP contribution in [0.2, 0.25) is 0 Å². The molecule has 0 amide bonds. The summed E-state index contributed by atoms with van der Waals surface area (Å²) in [6, 6.07) is 80.5. The number of nitrogens with zero attached hydrogens (tertiary/aromatic N) is 3. The van der Waals surface area contributed by atoms with Crippen molar-refractivity contribution in [1.29, 1.82) is 0 Å². The van der Waals surface area contributed by atoms with Gasteiger partial charge in [-0.1, -0.05) is 188 Å². The summed E-state index contributed by atoms with van der Waals surface area (Å²) in [5.74, 6) is 0. The average molecular weight is 889 g/mol. The monoisotopic (exact) mass is 888 g/mol. The van der Waals surface area contributed by atoms with Gasteiger partial charge in [-0.05, 0) is 147 Å². The van der Waals surface area contributed by atoms with E-state index in [9.17, 15) is 0 Å². The second kappa shape index (κ2) is 19.7. The average Bonchev–Trinajstić information content (AvgIpc) is 3.44. The van der Waals surface area contributed by atoms with Crippen molar-refractivity contribution in [3.05, 3.63) is 271 Å². The topological polar surface area (TPSA) is 38.7 Å². The minimum atomic E-state index is -2.31. The third kappa shape index (κ3) is 9.68. The summed E-state index contributed by atoms with van der Waals surface area (Å²) in [4.78, 5) is 14.2. The van der Waals surface area contributed by atoms with Crippen LogP contribution in [0.1, 0.15) is 31.9 Å². The molecule has 0 unspecified atom stereocenters. The molecule has 3 aromatic heterocycles. The highest BCUT2D eigenvalue weighted by Gasteiger charge is 2.17. The number of hydrogen-bond donors (Lipinski definition) is 0. The third-order valence-electron chi connectivity index (χ3n) is 13.1. The molecule has 0 bridgehead atoms. The Balaban J connectivity index is 0.990. The summed E-state index contributed by atoms with van der Waals surface area (Å²) in [6.45, 7) is -2.31. The molecule has 11 aromatic rings. The van der Waals surface area contributed by atoms with Crippen molar-refractivity contribution in [1.82, 2.24) is 15.0 Å². The lowest BCUT2D eigenvalue weighted by atomic mass is 9.86. The van der Waals surface area contributed by atoms with Gasteiger partial charge in [0, 0.05) is 38.6 Å². The van der Waals surface area contributed by atoms with Crippen molar-refractivity contribution in [2.24, 2.45) is 0 Å². The zero-order valence-corrected chi connectivity index (χ0v) is 38.3. The van der Waals surface area contributed by atoms with Crippen molar-refractivity contribution in [3.8, 4) is 78.3 Å². The van der Waals surface area contributed by atoms with Crippen LogP contribution in [-0.2, 0) is 25.7 Å². The maximum atomic E-state index is 8.48. The van der Waals surface area contributed by atoms with E-state index in [1.165, 1.54) is 27.8 Å². The second-order valence-corrected chi connectivity index (χ2v) is 17.7. The number of hydrogen-bond acceptors (Lipinski definition) is 3. The smallest absolute Gasteiger partial charge is 0.0712 e. The molecular formula is C66H51N3.